The maximum atomic E-state index is 12.8. The first-order valence-corrected chi connectivity index (χ1v) is 12.0. The molecule has 1 N–H and O–H groups in total. The van der Waals surface area contributed by atoms with Crippen molar-refractivity contribution >= 4 is 33.4 Å². The van der Waals surface area contributed by atoms with Crippen molar-refractivity contribution in [3.63, 3.8) is 0 Å². The molecule has 0 saturated carbocycles. The molecule has 0 spiro atoms. The molecule has 0 aromatic heterocycles. The minimum atomic E-state index is -3.71. The fraction of sp³-hybridized carbons (Fsp3) is 0.304. The normalized spacial score (nSPS) is 14.0. The van der Waals surface area contributed by atoms with E-state index in [-0.39, 0.29) is 17.3 Å². The molecule has 9 heteroatoms. The summed E-state index contributed by atoms with van der Waals surface area (Å²) in [6.07, 6.45) is 2.94. The molecule has 1 aliphatic rings. The van der Waals surface area contributed by atoms with Crippen molar-refractivity contribution in [3.8, 4) is 0 Å². The summed E-state index contributed by atoms with van der Waals surface area (Å²) in [6, 6.07) is 12.7. The van der Waals surface area contributed by atoms with Crippen molar-refractivity contribution in [1.82, 2.24) is 14.5 Å². The molecular formula is C23H27ClN4O3S. The largest absolute Gasteiger partial charge is 0.368 e. The summed E-state index contributed by atoms with van der Waals surface area (Å²) in [4.78, 5) is 18.6. The van der Waals surface area contributed by atoms with E-state index in [1.165, 1.54) is 23.5 Å². The van der Waals surface area contributed by atoms with Gasteiger partial charge in [-0.25, -0.2) is 8.42 Å². The number of hydrogen-bond acceptors (Lipinski definition) is 5. The Kier molecular flexibility index (Phi) is 7.71. The Balaban J connectivity index is 1.56. The van der Waals surface area contributed by atoms with Crippen LogP contribution in [0.15, 0.2) is 64.5 Å². The summed E-state index contributed by atoms with van der Waals surface area (Å²) in [5, 5.41) is 3.63. The molecule has 0 fully saturated rings. The second-order valence-corrected chi connectivity index (χ2v) is 10.0. The summed E-state index contributed by atoms with van der Waals surface area (Å²) in [6.45, 7) is 3.82. The molecular weight excluding hydrogens is 448 g/mol. The number of carbonyl (C=O) groups excluding carboxylic acids is 1. The van der Waals surface area contributed by atoms with Crippen LogP contribution >= 0.6 is 11.6 Å². The van der Waals surface area contributed by atoms with Gasteiger partial charge in [-0.3, -0.25) is 9.79 Å². The van der Waals surface area contributed by atoms with Gasteiger partial charge in [0.25, 0.3) is 0 Å². The third-order valence-electron chi connectivity index (χ3n) is 5.23. The van der Waals surface area contributed by atoms with Crippen molar-refractivity contribution < 1.29 is 13.2 Å². The van der Waals surface area contributed by atoms with Gasteiger partial charge in [-0.2, -0.15) is 4.31 Å². The molecule has 7 nitrogen and oxygen atoms in total. The molecule has 2 aromatic carbocycles. The molecule has 1 heterocycles. The number of sulfonamides is 1. The highest BCUT2D eigenvalue weighted by Crippen LogP contribution is 2.24. The quantitative estimate of drug-likeness (QED) is 0.596. The van der Waals surface area contributed by atoms with Gasteiger partial charge >= 0.3 is 0 Å². The van der Waals surface area contributed by atoms with E-state index in [4.69, 9.17) is 11.6 Å². The molecule has 0 aliphatic carbocycles. The van der Waals surface area contributed by atoms with Crippen LogP contribution in [-0.2, 0) is 21.4 Å². The maximum Gasteiger partial charge on any atom is 0.246 e. The zero-order chi connectivity index (χ0) is 23.3. The van der Waals surface area contributed by atoms with Gasteiger partial charge in [0, 0.05) is 50.4 Å². The van der Waals surface area contributed by atoms with E-state index < -0.39 is 10.0 Å². The summed E-state index contributed by atoms with van der Waals surface area (Å²) < 4.78 is 26.8. The lowest BCUT2D eigenvalue weighted by Crippen LogP contribution is -2.28. The summed E-state index contributed by atoms with van der Waals surface area (Å²) in [5.41, 5.74) is 2.52. The molecule has 2 aromatic rings. The number of carbonyl (C=O) groups is 1. The molecule has 170 valence electrons. The Morgan fingerprint density at radius 1 is 1.19 bits per heavy atom. The fourth-order valence-corrected chi connectivity index (χ4v) is 4.87. The fourth-order valence-electron chi connectivity index (χ4n) is 3.27. The molecule has 0 saturated heterocycles. The predicted octanol–water partition coefficient (Wildman–Crippen LogP) is 2.83. The van der Waals surface area contributed by atoms with Crippen LogP contribution in [-0.4, -0.2) is 63.1 Å². The maximum absolute atomic E-state index is 12.8. The van der Waals surface area contributed by atoms with E-state index in [2.05, 4.69) is 10.3 Å². The third-order valence-corrected chi connectivity index (χ3v) is 7.60. The van der Waals surface area contributed by atoms with Crippen molar-refractivity contribution in [1.29, 1.82) is 0 Å². The van der Waals surface area contributed by atoms with Crippen LogP contribution in [0.3, 0.4) is 0 Å². The molecule has 0 bridgehead atoms. The third kappa shape index (κ3) is 5.56. The SMILES string of the molecule is Cc1c(Cl)cccc1S(=O)(=O)N(C)CC=CC(=O)N(C)Cc1ccc(C2=NCCN2)cc1. The molecule has 1 amide bonds. The molecule has 32 heavy (non-hydrogen) atoms. The van der Waals surface area contributed by atoms with Crippen LogP contribution in [0.2, 0.25) is 5.02 Å². The topological polar surface area (TPSA) is 82.1 Å². The van der Waals surface area contributed by atoms with Gasteiger partial charge in [-0.05, 0) is 30.2 Å². The highest BCUT2D eigenvalue weighted by Gasteiger charge is 2.22. The Labute approximate surface area is 194 Å². The van der Waals surface area contributed by atoms with Gasteiger partial charge in [-0.15, -0.1) is 0 Å². The minimum absolute atomic E-state index is 0.0671. The van der Waals surface area contributed by atoms with Crippen molar-refractivity contribution in [2.75, 3.05) is 33.7 Å². The zero-order valence-electron chi connectivity index (χ0n) is 18.4. The number of rotatable bonds is 8. The van der Waals surface area contributed by atoms with Crippen LogP contribution in [0.4, 0.5) is 0 Å². The Morgan fingerprint density at radius 2 is 1.91 bits per heavy atom. The molecule has 1 aliphatic heterocycles. The van der Waals surface area contributed by atoms with Gasteiger partial charge in [0.05, 0.1) is 11.4 Å². The number of halogens is 1. The molecule has 0 unspecified atom stereocenters. The van der Waals surface area contributed by atoms with E-state index >= 15 is 0 Å². The molecule has 3 rings (SSSR count). The van der Waals surface area contributed by atoms with Crippen LogP contribution < -0.4 is 5.32 Å². The first-order valence-electron chi connectivity index (χ1n) is 10.2. The van der Waals surface area contributed by atoms with E-state index in [1.54, 1.807) is 37.1 Å². The van der Waals surface area contributed by atoms with Crippen LogP contribution in [0.25, 0.3) is 0 Å². The number of amidine groups is 1. The van der Waals surface area contributed by atoms with E-state index in [0.29, 0.717) is 17.1 Å². The number of amides is 1. The van der Waals surface area contributed by atoms with Crippen molar-refractivity contribution in [3.05, 3.63) is 76.3 Å². The Morgan fingerprint density at radius 3 is 2.56 bits per heavy atom. The standard InChI is InChI=1S/C23H27ClN4O3S/c1-17-20(24)6-4-7-21(17)32(30,31)28(3)15-5-8-22(29)27(2)16-18-9-11-19(12-10-18)23-25-13-14-26-23/h4-12H,13-16H2,1-3H3,(H,25,26). The first-order chi connectivity index (χ1) is 15.2. The lowest BCUT2D eigenvalue weighted by atomic mass is 10.1. The smallest absolute Gasteiger partial charge is 0.246 e. The van der Waals surface area contributed by atoms with Gasteiger partial charge < -0.3 is 10.2 Å². The van der Waals surface area contributed by atoms with E-state index in [0.717, 1.165) is 30.1 Å². The number of likely N-dealkylation sites (N-methyl/N-ethyl adjacent to an activating group) is 2. The summed E-state index contributed by atoms with van der Waals surface area (Å²) >= 11 is 6.06. The Bertz CT molecular complexity index is 1140. The van der Waals surface area contributed by atoms with Gasteiger partial charge in [0.2, 0.25) is 15.9 Å². The lowest BCUT2D eigenvalue weighted by Gasteiger charge is -2.18. The minimum Gasteiger partial charge on any atom is -0.368 e. The number of nitrogens with zero attached hydrogens (tertiary/aromatic N) is 3. The number of aliphatic imine (C=N–C) groups is 1. The summed E-state index contributed by atoms with van der Waals surface area (Å²) in [5.74, 6) is 0.691. The highest BCUT2D eigenvalue weighted by molar-refractivity contribution is 7.89. The van der Waals surface area contributed by atoms with Crippen molar-refractivity contribution in [2.45, 2.75) is 18.4 Å². The monoisotopic (exact) mass is 474 g/mol. The van der Waals surface area contributed by atoms with E-state index in [9.17, 15) is 13.2 Å². The van der Waals surface area contributed by atoms with E-state index in [1.807, 2.05) is 24.3 Å². The second-order valence-electron chi connectivity index (χ2n) is 7.60. The first kappa shape index (κ1) is 24.0. The zero-order valence-corrected chi connectivity index (χ0v) is 19.9. The average molecular weight is 475 g/mol. The highest BCUT2D eigenvalue weighted by atomic mass is 35.5. The number of nitrogens with one attached hydrogen (secondary N) is 1. The van der Waals surface area contributed by atoms with Crippen LogP contribution in [0.1, 0.15) is 16.7 Å². The molecule has 0 radical (unpaired) electrons. The van der Waals surface area contributed by atoms with Gasteiger partial charge in [-0.1, -0.05) is 48.0 Å². The summed E-state index contributed by atoms with van der Waals surface area (Å²) in [7, 11) is -0.533. The Hall–Kier alpha value is -2.68. The van der Waals surface area contributed by atoms with Gasteiger partial charge in [0.1, 0.15) is 5.84 Å². The average Bonchev–Trinajstić information content (AvgIpc) is 3.30. The number of hydrogen-bond donors (Lipinski definition) is 1. The number of benzene rings is 2. The van der Waals surface area contributed by atoms with Crippen LogP contribution in [0, 0.1) is 6.92 Å². The predicted molar refractivity (Wildman–Crippen MR) is 127 cm³/mol. The second kappa shape index (κ2) is 10.3. The van der Waals surface area contributed by atoms with Crippen molar-refractivity contribution in [2.24, 2.45) is 4.99 Å². The molecule has 0 atom stereocenters. The lowest BCUT2D eigenvalue weighted by molar-refractivity contribution is -0.125. The van der Waals surface area contributed by atoms with Crippen LogP contribution in [0.5, 0.6) is 0 Å². The van der Waals surface area contributed by atoms with Gasteiger partial charge in [0.15, 0.2) is 0 Å².